The highest BCUT2D eigenvalue weighted by atomic mass is 16.5. The summed E-state index contributed by atoms with van der Waals surface area (Å²) in [6, 6.07) is 0. The van der Waals surface area contributed by atoms with E-state index in [1.54, 1.807) is 7.11 Å². The summed E-state index contributed by atoms with van der Waals surface area (Å²) in [5, 5.41) is 1.91. The van der Waals surface area contributed by atoms with Crippen molar-refractivity contribution >= 4 is 0 Å². The number of rotatable bonds is 3. The van der Waals surface area contributed by atoms with Crippen molar-refractivity contribution in [3.8, 4) is 0 Å². The zero-order chi connectivity index (χ0) is 6.53. The molecule has 4 heteroatoms. The Labute approximate surface area is 54.4 Å². The van der Waals surface area contributed by atoms with Crippen LogP contribution in [-0.4, -0.2) is 25.3 Å². The molecule has 0 fully saturated rings. The largest absolute Gasteiger partial charge is 0.383 e. The lowest BCUT2D eigenvalue weighted by atomic mass is 10.6. The van der Waals surface area contributed by atoms with Crippen molar-refractivity contribution in [1.82, 2.24) is 16.0 Å². The van der Waals surface area contributed by atoms with Crippen LogP contribution >= 0.6 is 0 Å². The predicted octanol–water partition coefficient (Wildman–Crippen LogP) is -0.571. The summed E-state index contributed by atoms with van der Waals surface area (Å²) < 4.78 is 4.86. The van der Waals surface area contributed by atoms with Gasteiger partial charge in [-0.15, -0.1) is 5.53 Å². The maximum atomic E-state index is 4.86. The number of ether oxygens (including phenoxy) is 1. The smallest absolute Gasteiger partial charge is 0.0654 e. The molecule has 0 radical (unpaired) electrons. The highest BCUT2D eigenvalue weighted by Crippen LogP contribution is 1.86. The Morgan fingerprint density at radius 2 is 2.56 bits per heavy atom. The second kappa shape index (κ2) is 3.32. The van der Waals surface area contributed by atoms with Crippen molar-refractivity contribution in [3.63, 3.8) is 0 Å². The molecule has 0 saturated heterocycles. The molecular weight excluding hydrogens is 118 g/mol. The van der Waals surface area contributed by atoms with Crippen molar-refractivity contribution < 1.29 is 4.74 Å². The quantitative estimate of drug-likeness (QED) is 0.535. The molecule has 0 aromatic heterocycles. The van der Waals surface area contributed by atoms with E-state index in [0.717, 1.165) is 13.2 Å². The van der Waals surface area contributed by atoms with Gasteiger partial charge < -0.3 is 10.2 Å². The fourth-order valence-corrected chi connectivity index (χ4v) is 0.605. The normalized spacial score (nSPS) is 16.3. The van der Waals surface area contributed by atoms with E-state index < -0.39 is 0 Å². The van der Waals surface area contributed by atoms with Crippen molar-refractivity contribution in [3.05, 3.63) is 12.4 Å². The van der Waals surface area contributed by atoms with Gasteiger partial charge >= 0.3 is 0 Å². The third-order valence-electron chi connectivity index (χ3n) is 1.08. The molecule has 0 amide bonds. The second-order valence-corrected chi connectivity index (χ2v) is 1.76. The van der Waals surface area contributed by atoms with Crippen molar-refractivity contribution in [2.24, 2.45) is 0 Å². The summed E-state index contributed by atoms with van der Waals surface area (Å²) >= 11 is 0. The molecule has 0 aromatic carbocycles. The van der Waals surface area contributed by atoms with Gasteiger partial charge in [0.25, 0.3) is 0 Å². The first-order chi connectivity index (χ1) is 4.43. The number of hydrogen-bond donors (Lipinski definition) is 2. The minimum absolute atomic E-state index is 0.735. The molecule has 2 N–H and O–H groups in total. The van der Waals surface area contributed by atoms with Crippen LogP contribution in [0, 0.1) is 0 Å². The van der Waals surface area contributed by atoms with Crippen molar-refractivity contribution in [1.29, 1.82) is 0 Å². The number of nitrogens with zero attached hydrogens (tertiary/aromatic N) is 1. The van der Waals surface area contributed by atoms with Crippen molar-refractivity contribution in [2.75, 3.05) is 20.3 Å². The molecule has 4 nitrogen and oxygen atoms in total. The van der Waals surface area contributed by atoms with Crippen LogP contribution in [0.4, 0.5) is 0 Å². The van der Waals surface area contributed by atoms with Crippen LogP contribution in [0.1, 0.15) is 0 Å². The predicted molar refractivity (Wildman–Crippen MR) is 34.0 cm³/mol. The minimum atomic E-state index is 0.735. The van der Waals surface area contributed by atoms with Gasteiger partial charge in [0.05, 0.1) is 13.2 Å². The van der Waals surface area contributed by atoms with Gasteiger partial charge in [0.15, 0.2) is 0 Å². The highest BCUT2D eigenvalue weighted by molar-refractivity contribution is 4.81. The molecule has 0 unspecified atom stereocenters. The molecule has 1 aliphatic rings. The molecule has 9 heavy (non-hydrogen) atoms. The molecule has 1 aliphatic heterocycles. The van der Waals surface area contributed by atoms with Gasteiger partial charge in [-0.05, 0) is 0 Å². The second-order valence-electron chi connectivity index (χ2n) is 1.76. The maximum absolute atomic E-state index is 4.86. The fraction of sp³-hybridized carbons (Fsp3) is 0.600. The van der Waals surface area contributed by atoms with Gasteiger partial charge in [-0.2, -0.15) is 0 Å². The van der Waals surface area contributed by atoms with Crippen LogP contribution in [0.2, 0.25) is 0 Å². The number of hydrazine groups is 2. The SMILES string of the molecule is COCCN1C=CNN1. The van der Waals surface area contributed by atoms with Gasteiger partial charge in [-0.25, -0.2) is 0 Å². The highest BCUT2D eigenvalue weighted by Gasteiger charge is 1.99. The van der Waals surface area contributed by atoms with Crippen LogP contribution < -0.4 is 11.0 Å². The van der Waals surface area contributed by atoms with E-state index in [0.29, 0.717) is 0 Å². The molecule has 0 spiro atoms. The number of nitrogens with one attached hydrogen (secondary N) is 2. The molecule has 0 aliphatic carbocycles. The van der Waals surface area contributed by atoms with E-state index in [-0.39, 0.29) is 0 Å². The topological polar surface area (TPSA) is 36.5 Å². The molecular formula is C5H11N3O. The Bertz CT molecular complexity index is 104. The summed E-state index contributed by atoms with van der Waals surface area (Å²) in [4.78, 5) is 0. The molecule has 1 heterocycles. The third kappa shape index (κ3) is 1.91. The summed E-state index contributed by atoms with van der Waals surface area (Å²) in [7, 11) is 1.69. The Hall–Kier alpha value is -0.740. The Balaban J connectivity index is 2.05. The Morgan fingerprint density at radius 1 is 1.67 bits per heavy atom. The lowest BCUT2D eigenvalue weighted by Gasteiger charge is -2.13. The monoisotopic (exact) mass is 129 g/mol. The van der Waals surface area contributed by atoms with Crippen molar-refractivity contribution in [2.45, 2.75) is 0 Å². The summed E-state index contributed by atoms with van der Waals surface area (Å²) in [5.41, 5.74) is 5.70. The van der Waals surface area contributed by atoms with Crippen LogP contribution in [0.15, 0.2) is 12.4 Å². The number of hydrogen-bond acceptors (Lipinski definition) is 4. The lowest BCUT2D eigenvalue weighted by molar-refractivity contribution is 0.148. The maximum Gasteiger partial charge on any atom is 0.0654 e. The Morgan fingerprint density at radius 3 is 3.11 bits per heavy atom. The van der Waals surface area contributed by atoms with Crippen LogP contribution in [-0.2, 0) is 4.74 Å². The van der Waals surface area contributed by atoms with Gasteiger partial charge in [0.1, 0.15) is 0 Å². The Kier molecular flexibility index (Phi) is 2.35. The number of methoxy groups -OCH3 is 1. The molecule has 0 saturated carbocycles. The summed E-state index contributed by atoms with van der Waals surface area (Å²) in [6.45, 7) is 1.60. The molecule has 0 bridgehead atoms. The van der Waals surface area contributed by atoms with E-state index in [4.69, 9.17) is 4.74 Å². The van der Waals surface area contributed by atoms with E-state index in [9.17, 15) is 0 Å². The van der Waals surface area contributed by atoms with Crippen LogP contribution in [0.25, 0.3) is 0 Å². The third-order valence-corrected chi connectivity index (χ3v) is 1.08. The van der Waals surface area contributed by atoms with Crippen LogP contribution in [0.5, 0.6) is 0 Å². The summed E-state index contributed by atoms with van der Waals surface area (Å²) in [6.07, 6.45) is 3.74. The van der Waals surface area contributed by atoms with Gasteiger partial charge in [0.2, 0.25) is 0 Å². The van der Waals surface area contributed by atoms with E-state index >= 15 is 0 Å². The molecule has 52 valence electrons. The molecule has 0 atom stereocenters. The van der Waals surface area contributed by atoms with Gasteiger partial charge in [0, 0.05) is 19.5 Å². The molecule has 0 aromatic rings. The lowest BCUT2D eigenvalue weighted by Crippen LogP contribution is -2.37. The first-order valence-electron chi connectivity index (χ1n) is 2.87. The summed E-state index contributed by atoms with van der Waals surface area (Å²) in [5.74, 6) is 0. The fourth-order valence-electron chi connectivity index (χ4n) is 0.605. The van der Waals surface area contributed by atoms with Gasteiger partial charge in [-0.1, -0.05) is 0 Å². The first kappa shape index (κ1) is 6.38. The first-order valence-corrected chi connectivity index (χ1v) is 2.87. The van der Waals surface area contributed by atoms with Gasteiger partial charge in [-0.3, -0.25) is 5.01 Å². The minimum Gasteiger partial charge on any atom is -0.383 e. The van der Waals surface area contributed by atoms with E-state index in [1.807, 2.05) is 17.4 Å². The zero-order valence-electron chi connectivity index (χ0n) is 5.42. The van der Waals surface area contributed by atoms with E-state index in [2.05, 4.69) is 11.0 Å². The zero-order valence-corrected chi connectivity index (χ0v) is 5.42. The van der Waals surface area contributed by atoms with E-state index in [1.165, 1.54) is 0 Å². The van der Waals surface area contributed by atoms with Crippen LogP contribution in [0.3, 0.4) is 0 Å². The average molecular weight is 129 g/mol. The standard InChI is InChI=1S/C5H11N3O/c1-9-5-4-8-3-2-6-7-8/h2-3,6-7H,4-5H2,1H3. The molecule has 1 rings (SSSR count). The average Bonchev–Trinajstić information content (AvgIpc) is 2.34.